The highest BCUT2D eigenvalue weighted by atomic mass is 16.3. The van der Waals surface area contributed by atoms with Crippen molar-refractivity contribution in [3.8, 4) is 0 Å². The van der Waals surface area contributed by atoms with E-state index in [9.17, 15) is 14.7 Å². The fraction of sp³-hybridized carbons (Fsp3) is 0.762. The predicted octanol–water partition coefficient (Wildman–Crippen LogP) is 2.56. The third kappa shape index (κ3) is 6.02. The molecule has 8 heteroatoms. The van der Waals surface area contributed by atoms with Gasteiger partial charge in [-0.05, 0) is 25.7 Å². The molecule has 0 spiro atoms. The van der Waals surface area contributed by atoms with E-state index < -0.39 is 17.4 Å². The third-order valence-corrected chi connectivity index (χ3v) is 5.66. The molecule has 2 aromatic rings. The number of nitrogens with two attached hydrogens (primary N) is 1. The van der Waals surface area contributed by atoms with Gasteiger partial charge in [-0.3, -0.25) is 9.36 Å². The Balaban J connectivity index is 1.83. The average Bonchev–Trinajstić information content (AvgIpc) is 3.07. The van der Waals surface area contributed by atoms with Crippen LogP contribution in [-0.2, 0) is 14.1 Å². The Hall–Kier alpha value is -1.93. The molecule has 0 bridgehead atoms. The minimum absolute atomic E-state index is 0.350. The van der Waals surface area contributed by atoms with E-state index in [4.69, 9.17) is 5.73 Å². The third-order valence-electron chi connectivity index (χ3n) is 5.66. The molecule has 2 atom stereocenters. The predicted molar refractivity (Wildman–Crippen MR) is 116 cm³/mol. The van der Waals surface area contributed by atoms with E-state index in [0.29, 0.717) is 30.4 Å². The molecular weight excluding hydrogens is 370 g/mol. The van der Waals surface area contributed by atoms with Gasteiger partial charge in [-0.25, -0.2) is 14.3 Å². The van der Waals surface area contributed by atoms with Crippen LogP contribution in [0.5, 0.6) is 0 Å². The van der Waals surface area contributed by atoms with E-state index in [2.05, 4.69) is 11.9 Å². The first-order valence-corrected chi connectivity index (χ1v) is 10.9. The SMILES string of the molecule is CCCCCCCCCC(O)CCCC(N)n1c(=O)c2c(ncn2C)n(C)c1=O. The number of nitrogens with zero attached hydrogens (tertiary/aromatic N) is 4. The van der Waals surface area contributed by atoms with E-state index in [-0.39, 0.29) is 6.10 Å². The van der Waals surface area contributed by atoms with Crippen molar-refractivity contribution in [2.45, 2.75) is 89.8 Å². The van der Waals surface area contributed by atoms with Gasteiger partial charge in [-0.2, -0.15) is 0 Å². The number of imidazole rings is 1. The van der Waals surface area contributed by atoms with Gasteiger partial charge in [0.05, 0.1) is 18.6 Å². The zero-order chi connectivity index (χ0) is 21.4. The van der Waals surface area contributed by atoms with E-state index in [0.717, 1.165) is 23.8 Å². The molecule has 0 saturated heterocycles. The van der Waals surface area contributed by atoms with Crippen molar-refractivity contribution in [2.24, 2.45) is 19.8 Å². The van der Waals surface area contributed by atoms with Crippen LogP contribution >= 0.6 is 0 Å². The summed E-state index contributed by atoms with van der Waals surface area (Å²) in [5.41, 5.74) is 6.02. The summed E-state index contributed by atoms with van der Waals surface area (Å²) in [4.78, 5) is 29.4. The molecule has 0 amide bonds. The molecule has 8 nitrogen and oxygen atoms in total. The van der Waals surface area contributed by atoms with Gasteiger partial charge in [0.25, 0.3) is 5.56 Å². The first-order valence-electron chi connectivity index (χ1n) is 10.9. The maximum absolute atomic E-state index is 12.7. The molecule has 0 radical (unpaired) electrons. The summed E-state index contributed by atoms with van der Waals surface area (Å²) in [6.45, 7) is 2.22. The molecular formula is C21H37N5O3. The van der Waals surface area contributed by atoms with E-state index in [1.54, 1.807) is 18.7 Å². The number of aromatic nitrogens is 4. The van der Waals surface area contributed by atoms with E-state index in [1.807, 2.05) is 0 Å². The topological polar surface area (TPSA) is 108 Å². The monoisotopic (exact) mass is 407 g/mol. The second-order valence-electron chi connectivity index (χ2n) is 8.11. The fourth-order valence-electron chi connectivity index (χ4n) is 3.83. The van der Waals surface area contributed by atoms with Crippen molar-refractivity contribution in [3.05, 3.63) is 27.2 Å². The standard InChI is InChI=1S/C21H37N5O3/c1-4-5-6-7-8-9-10-12-16(27)13-11-14-17(22)26-20(28)18-19(23-15-24(18)2)25(3)21(26)29/h15-17,27H,4-14,22H2,1-3H3. The molecule has 0 aromatic carbocycles. The Bertz CT molecular complexity index is 883. The molecule has 2 rings (SSSR count). The number of aliphatic hydroxyl groups is 1. The minimum Gasteiger partial charge on any atom is -0.393 e. The summed E-state index contributed by atoms with van der Waals surface area (Å²) in [7, 11) is 3.31. The second kappa shape index (κ2) is 11.3. The summed E-state index contributed by atoms with van der Waals surface area (Å²) in [5, 5.41) is 10.2. The van der Waals surface area contributed by atoms with Gasteiger partial charge in [-0.15, -0.1) is 0 Å². The summed E-state index contributed by atoms with van der Waals surface area (Å²) in [5.74, 6) is 0. The van der Waals surface area contributed by atoms with Crippen LogP contribution < -0.4 is 17.0 Å². The molecule has 0 aliphatic rings. The highest BCUT2D eigenvalue weighted by Gasteiger charge is 2.19. The Labute approximate surface area is 172 Å². The van der Waals surface area contributed by atoms with Crippen LogP contribution in [0.15, 0.2) is 15.9 Å². The Morgan fingerprint density at radius 2 is 1.62 bits per heavy atom. The van der Waals surface area contributed by atoms with Crippen LogP contribution in [0.1, 0.15) is 83.7 Å². The smallest absolute Gasteiger partial charge is 0.333 e. The first-order chi connectivity index (χ1) is 13.9. The zero-order valence-corrected chi connectivity index (χ0v) is 18.1. The van der Waals surface area contributed by atoms with E-state index >= 15 is 0 Å². The maximum atomic E-state index is 12.7. The molecule has 0 aliphatic carbocycles. The first kappa shape index (κ1) is 23.3. The van der Waals surface area contributed by atoms with Crippen LogP contribution in [-0.4, -0.2) is 29.9 Å². The average molecular weight is 408 g/mol. The van der Waals surface area contributed by atoms with Gasteiger partial charge in [0, 0.05) is 14.1 Å². The summed E-state index contributed by atoms with van der Waals surface area (Å²) in [6.07, 6.45) is 11.6. The summed E-state index contributed by atoms with van der Waals surface area (Å²) >= 11 is 0. The van der Waals surface area contributed by atoms with Gasteiger partial charge >= 0.3 is 5.69 Å². The molecule has 0 aliphatic heterocycles. The molecule has 29 heavy (non-hydrogen) atoms. The van der Waals surface area contributed by atoms with Gasteiger partial charge in [0.2, 0.25) is 0 Å². The van der Waals surface area contributed by atoms with Crippen LogP contribution in [0.4, 0.5) is 0 Å². The van der Waals surface area contributed by atoms with Gasteiger partial charge in [0.1, 0.15) is 0 Å². The molecule has 0 fully saturated rings. The summed E-state index contributed by atoms with van der Waals surface area (Å²) < 4.78 is 4.06. The lowest BCUT2D eigenvalue weighted by Crippen LogP contribution is -2.44. The number of hydrogen-bond acceptors (Lipinski definition) is 5. The summed E-state index contributed by atoms with van der Waals surface area (Å²) in [6, 6.07) is 0. The molecule has 164 valence electrons. The van der Waals surface area contributed by atoms with Crippen molar-refractivity contribution in [1.29, 1.82) is 0 Å². The normalized spacial score (nSPS) is 13.8. The number of aliphatic hydroxyl groups excluding tert-OH is 1. The lowest BCUT2D eigenvalue weighted by Gasteiger charge is -2.17. The van der Waals surface area contributed by atoms with Crippen molar-refractivity contribution in [3.63, 3.8) is 0 Å². The number of unbranched alkanes of at least 4 members (excludes halogenated alkanes) is 6. The highest BCUT2D eigenvalue weighted by molar-refractivity contribution is 5.69. The van der Waals surface area contributed by atoms with Crippen molar-refractivity contribution in [2.75, 3.05) is 0 Å². The fourth-order valence-corrected chi connectivity index (χ4v) is 3.83. The van der Waals surface area contributed by atoms with Crippen LogP contribution in [0.3, 0.4) is 0 Å². The van der Waals surface area contributed by atoms with Crippen molar-refractivity contribution < 1.29 is 5.11 Å². The van der Waals surface area contributed by atoms with Crippen LogP contribution in [0.25, 0.3) is 11.2 Å². The molecule has 2 unspecified atom stereocenters. The Morgan fingerprint density at radius 1 is 1.00 bits per heavy atom. The minimum atomic E-state index is -0.716. The largest absolute Gasteiger partial charge is 0.393 e. The number of hydrogen-bond donors (Lipinski definition) is 2. The maximum Gasteiger partial charge on any atom is 0.333 e. The van der Waals surface area contributed by atoms with Crippen molar-refractivity contribution >= 4 is 11.2 Å². The van der Waals surface area contributed by atoms with Crippen molar-refractivity contribution in [1.82, 2.24) is 18.7 Å². The molecule has 2 heterocycles. The molecule has 2 aromatic heterocycles. The second-order valence-corrected chi connectivity index (χ2v) is 8.11. The number of rotatable bonds is 13. The Morgan fingerprint density at radius 3 is 2.31 bits per heavy atom. The zero-order valence-electron chi connectivity index (χ0n) is 18.1. The molecule has 0 saturated carbocycles. The highest BCUT2D eigenvalue weighted by Crippen LogP contribution is 2.15. The number of aryl methyl sites for hydroxylation is 2. The van der Waals surface area contributed by atoms with E-state index in [1.165, 1.54) is 43.0 Å². The Kier molecular flexibility index (Phi) is 9.10. The molecule has 3 N–H and O–H groups in total. The van der Waals surface area contributed by atoms with Gasteiger partial charge < -0.3 is 15.4 Å². The quantitative estimate of drug-likeness (QED) is 0.496. The number of fused-ring (bicyclic) bond motifs is 1. The van der Waals surface area contributed by atoms with Crippen LogP contribution in [0, 0.1) is 0 Å². The lowest BCUT2D eigenvalue weighted by molar-refractivity contribution is 0.145. The van der Waals surface area contributed by atoms with Gasteiger partial charge in [-0.1, -0.05) is 51.9 Å². The van der Waals surface area contributed by atoms with Crippen LogP contribution in [0.2, 0.25) is 0 Å². The van der Waals surface area contributed by atoms with Gasteiger partial charge in [0.15, 0.2) is 11.2 Å². The lowest BCUT2D eigenvalue weighted by atomic mass is 10.0.